The predicted molar refractivity (Wildman–Crippen MR) is 72.8 cm³/mol. The number of rotatable bonds is 3. The van der Waals surface area contributed by atoms with Crippen molar-refractivity contribution in [3.8, 4) is 0 Å². The van der Waals surface area contributed by atoms with E-state index in [1.807, 2.05) is 36.5 Å². The molecular weight excluding hydrogens is 242 g/mol. The van der Waals surface area contributed by atoms with Crippen LogP contribution in [0, 0.1) is 6.92 Å². The Hall–Kier alpha value is -1.68. The topological polar surface area (TPSA) is 37.6 Å². The second kappa shape index (κ2) is 4.90. The highest BCUT2D eigenvalue weighted by atomic mass is 32.2. The average molecular weight is 255 g/mol. The van der Waals surface area contributed by atoms with Crippen LogP contribution in [-0.2, 0) is 5.75 Å². The van der Waals surface area contributed by atoms with Gasteiger partial charge in [0.15, 0.2) is 5.50 Å². The fourth-order valence-corrected chi connectivity index (χ4v) is 2.75. The van der Waals surface area contributed by atoms with Crippen LogP contribution in [-0.4, -0.2) is 10.5 Å². The van der Waals surface area contributed by atoms with Gasteiger partial charge in [-0.1, -0.05) is 18.2 Å². The molecule has 0 saturated heterocycles. The summed E-state index contributed by atoms with van der Waals surface area (Å²) >= 11 is 1.71. The molecule has 1 aromatic heterocycles. The lowest BCUT2D eigenvalue weighted by atomic mass is 10.2. The van der Waals surface area contributed by atoms with Crippen LogP contribution in [0.5, 0.6) is 0 Å². The normalized spacial score (nSPS) is 16.8. The summed E-state index contributed by atoms with van der Waals surface area (Å²) in [5, 5.41) is 2.05. The van der Waals surface area contributed by atoms with Crippen molar-refractivity contribution in [2.75, 3.05) is 0 Å². The molecular formula is C14H13N3S. The molecule has 0 saturated carbocycles. The number of para-hydroxylation sites is 1. The summed E-state index contributed by atoms with van der Waals surface area (Å²) in [5.41, 5.74) is 2.24. The quantitative estimate of drug-likeness (QED) is 0.839. The highest BCUT2D eigenvalue weighted by Crippen LogP contribution is 2.19. The third-order valence-electron chi connectivity index (χ3n) is 2.81. The first-order valence-electron chi connectivity index (χ1n) is 5.86. The molecule has 1 atom stereocenters. The summed E-state index contributed by atoms with van der Waals surface area (Å²) < 4.78 is 0. The maximum absolute atomic E-state index is 4.63. The maximum atomic E-state index is 4.63. The average Bonchev–Trinajstić information content (AvgIpc) is 2.82. The third-order valence-corrected chi connectivity index (χ3v) is 3.78. The van der Waals surface area contributed by atoms with Crippen molar-refractivity contribution in [1.29, 1.82) is 0 Å². The Balaban J connectivity index is 1.76. The van der Waals surface area contributed by atoms with E-state index >= 15 is 0 Å². The molecule has 0 amide bonds. The lowest BCUT2D eigenvalue weighted by molar-refractivity contribution is 0.970. The Morgan fingerprint density at radius 3 is 2.83 bits per heavy atom. The number of benzene rings is 1. The number of fused-ring (bicyclic) bond motifs is 1. The summed E-state index contributed by atoms with van der Waals surface area (Å²) in [6.45, 7) is 2.07. The van der Waals surface area contributed by atoms with Crippen LogP contribution in [0.2, 0.25) is 0 Å². The number of aryl methyl sites for hydroxylation is 1. The molecule has 2 heterocycles. The van der Waals surface area contributed by atoms with Crippen LogP contribution in [0.3, 0.4) is 0 Å². The molecule has 1 aliphatic rings. The van der Waals surface area contributed by atoms with Gasteiger partial charge in [-0.2, -0.15) is 0 Å². The van der Waals surface area contributed by atoms with Crippen LogP contribution >= 0.6 is 11.8 Å². The van der Waals surface area contributed by atoms with Gasteiger partial charge < -0.3 is 0 Å². The molecule has 4 heteroatoms. The molecule has 3 nitrogen and oxygen atoms in total. The zero-order chi connectivity index (χ0) is 12.4. The minimum atomic E-state index is -0.0249. The number of hydrogen-bond donors (Lipinski definition) is 0. The van der Waals surface area contributed by atoms with Gasteiger partial charge in [0.1, 0.15) is 0 Å². The van der Waals surface area contributed by atoms with Gasteiger partial charge in [0.05, 0.1) is 16.4 Å². The lowest BCUT2D eigenvalue weighted by Crippen LogP contribution is -2.23. The molecule has 2 aromatic rings. The fraction of sp³-hybridized carbons (Fsp3) is 0.214. The molecule has 0 aliphatic carbocycles. The van der Waals surface area contributed by atoms with Gasteiger partial charge in [-0.25, -0.2) is 9.98 Å². The predicted octanol–water partition coefficient (Wildman–Crippen LogP) is 1.86. The summed E-state index contributed by atoms with van der Waals surface area (Å²) in [7, 11) is 0. The van der Waals surface area contributed by atoms with Gasteiger partial charge in [0.2, 0.25) is 0 Å². The van der Waals surface area contributed by atoms with Gasteiger partial charge in [0, 0.05) is 11.9 Å². The number of aromatic nitrogens is 1. The van der Waals surface area contributed by atoms with Crippen molar-refractivity contribution >= 4 is 11.8 Å². The zero-order valence-corrected chi connectivity index (χ0v) is 10.9. The van der Waals surface area contributed by atoms with Crippen LogP contribution in [0.1, 0.15) is 11.3 Å². The van der Waals surface area contributed by atoms with E-state index < -0.39 is 0 Å². The summed E-state index contributed by atoms with van der Waals surface area (Å²) in [6.07, 6.45) is 1.82. The highest BCUT2D eigenvalue weighted by molar-refractivity contribution is 7.99. The second-order valence-corrected chi connectivity index (χ2v) is 5.20. The number of pyridine rings is 1. The lowest BCUT2D eigenvalue weighted by Gasteiger charge is -2.02. The largest absolute Gasteiger partial charge is 0.260 e. The SMILES string of the molecule is Cc1cccc2c1=NC(SCc1ccccn1)N=2. The Morgan fingerprint density at radius 1 is 1.11 bits per heavy atom. The number of nitrogens with zero attached hydrogens (tertiary/aromatic N) is 3. The molecule has 1 aromatic carbocycles. The smallest absolute Gasteiger partial charge is 0.188 e. The molecule has 0 spiro atoms. The van der Waals surface area contributed by atoms with Crippen LogP contribution < -0.4 is 10.7 Å². The first kappa shape index (κ1) is 11.4. The van der Waals surface area contributed by atoms with Crippen molar-refractivity contribution in [2.24, 2.45) is 9.98 Å². The van der Waals surface area contributed by atoms with E-state index in [0.717, 1.165) is 22.2 Å². The molecule has 0 fully saturated rings. The highest BCUT2D eigenvalue weighted by Gasteiger charge is 2.11. The monoisotopic (exact) mass is 255 g/mol. The van der Waals surface area contributed by atoms with E-state index in [4.69, 9.17) is 0 Å². The number of thioether (sulfide) groups is 1. The summed E-state index contributed by atoms with van der Waals surface area (Å²) in [5.74, 6) is 0.839. The van der Waals surface area contributed by atoms with E-state index in [1.54, 1.807) is 11.8 Å². The summed E-state index contributed by atoms with van der Waals surface area (Å²) in [6, 6.07) is 12.1. The Morgan fingerprint density at radius 2 is 2.06 bits per heavy atom. The minimum Gasteiger partial charge on any atom is -0.260 e. The van der Waals surface area contributed by atoms with Crippen LogP contribution in [0.15, 0.2) is 52.6 Å². The van der Waals surface area contributed by atoms with E-state index in [9.17, 15) is 0 Å². The molecule has 0 N–H and O–H groups in total. The molecule has 90 valence electrons. The van der Waals surface area contributed by atoms with Crippen molar-refractivity contribution < 1.29 is 0 Å². The number of hydrogen-bond acceptors (Lipinski definition) is 4. The van der Waals surface area contributed by atoms with E-state index in [0.29, 0.717) is 0 Å². The molecule has 0 bridgehead atoms. The molecule has 1 unspecified atom stereocenters. The first-order valence-corrected chi connectivity index (χ1v) is 6.90. The fourth-order valence-electron chi connectivity index (χ4n) is 1.89. The summed E-state index contributed by atoms with van der Waals surface area (Å²) in [4.78, 5) is 13.5. The van der Waals surface area contributed by atoms with Crippen molar-refractivity contribution in [2.45, 2.75) is 18.2 Å². The zero-order valence-electron chi connectivity index (χ0n) is 10.1. The van der Waals surface area contributed by atoms with Gasteiger partial charge in [-0.05, 0) is 30.7 Å². The molecule has 18 heavy (non-hydrogen) atoms. The molecule has 0 radical (unpaired) electrons. The maximum Gasteiger partial charge on any atom is 0.188 e. The van der Waals surface area contributed by atoms with Gasteiger partial charge >= 0.3 is 0 Å². The molecule has 1 aliphatic heterocycles. The van der Waals surface area contributed by atoms with Crippen molar-refractivity contribution in [3.05, 3.63) is 64.6 Å². The van der Waals surface area contributed by atoms with Crippen molar-refractivity contribution in [3.63, 3.8) is 0 Å². The van der Waals surface area contributed by atoms with Gasteiger partial charge in [-0.3, -0.25) is 4.98 Å². The van der Waals surface area contributed by atoms with E-state index in [2.05, 4.69) is 28.0 Å². The molecule has 3 rings (SSSR count). The standard InChI is InChI=1S/C14H13N3S/c1-10-5-4-7-12-13(10)17-14(16-12)18-9-11-6-2-3-8-15-11/h2-8,14H,9H2,1H3. The van der Waals surface area contributed by atoms with E-state index in [1.165, 1.54) is 5.56 Å². The van der Waals surface area contributed by atoms with Crippen LogP contribution in [0.4, 0.5) is 0 Å². The minimum absolute atomic E-state index is 0.0249. The van der Waals surface area contributed by atoms with Gasteiger partial charge in [-0.15, -0.1) is 11.8 Å². The Labute approximate surface area is 110 Å². The Kier molecular flexibility index (Phi) is 3.11. The third kappa shape index (κ3) is 2.29. The first-order chi connectivity index (χ1) is 8.83. The second-order valence-electron chi connectivity index (χ2n) is 4.16. The van der Waals surface area contributed by atoms with E-state index in [-0.39, 0.29) is 5.50 Å². The van der Waals surface area contributed by atoms with Crippen LogP contribution in [0.25, 0.3) is 0 Å². The van der Waals surface area contributed by atoms with Gasteiger partial charge in [0.25, 0.3) is 0 Å². The van der Waals surface area contributed by atoms with Crippen molar-refractivity contribution in [1.82, 2.24) is 4.98 Å². The Bertz CT molecular complexity index is 667.